The minimum atomic E-state index is -3.63. The lowest BCUT2D eigenvalue weighted by atomic mass is 9.93. The number of hydrogen-bond acceptors (Lipinski definition) is 5. The standard InChI is InChI=1S/C13H21N3O3S/c1-2-14-13-12(7-4-8-15-13)20(18,19)16(9-10-17)11-5-3-6-11/h4,7-8,11,17H,2-3,5-6,9-10H2,1H3,(H,14,15). The Balaban J connectivity index is 2.36. The highest BCUT2D eigenvalue weighted by Gasteiger charge is 2.35. The summed E-state index contributed by atoms with van der Waals surface area (Å²) in [7, 11) is -3.63. The molecule has 20 heavy (non-hydrogen) atoms. The Morgan fingerprint density at radius 1 is 1.50 bits per heavy atom. The number of aromatic nitrogens is 1. The molecule has 1 aromatic rings. The summed E-state index contributed by atoms with van der Waals surface area (Å²) >= 11 is 0. The second-order valence-corrected chi connectivity index (χ2v) is 6.66. The first-order chi connectivity index (χ1) is 9.61. The van der Waals surface area contributed by atoms with Crippen LogP contribution in [-0.2, 0) is 10.0 Å². The molecule has 1 fully saturated rings. The zero-order chi connectivity index (χ0) is 14.6. The minimum absolute atomic E-state index is 0.00170. The summed E-state index contributed by atoms with van der Waals surface area (Å²) in [5, 5.41) is 12.1. The van der Waals surface area contributed by atoms with E-state index in [4.69, 9.17) is 5.11 Å². The molecule has 0 bridgehead atoms. The Hall–Kier alpha value is -1.18. The summed E-state index contributed by atoms with van der Waals surface area (Å²) in [6.45, 7) is 2.45. The van der Waals surface area contributed by atoms with E-state index in [9.17, 15) is 8.42 Å². The third-order valence-corrected chi connectivity index (χ3v) is 5.49. The van der Waals surface area contributed by atoms with Crippen LogP contribution in [0.5, 0.6) is 0 Å². The highest BCUT2D eigenvalue weighted by molar-refractivity contribution is 7.89. The molecule has 0 aromatic carbocycles. The van der Waals surface area contributed by atoms with Gasteiger partial charge in [-0.1, -0.05) is 6.42 Å². The molecule has 112 valence electrons. The van der Waals surface area contributed by atoms with Gasteiger partial charge in [0.2, 0.25) is 10.0 Å². The summed E-state index contributed by atoms with van der Waals surface area (Å²) in [5.74, 6) is 0.372. The van der Waals surface area contributed by atoms with Crippen molar-refractivity contribution in [1.29, 1.82) is 0 Å². The van der Waals surface area contributed by atoms with E-state index < -0.39 is 10.0 Å². The molecule has 1 saturated carbocycles. The van der Waals surface area contributed by atoms with Crippen molar-refractivity contribution < 1.29 is 13.5 Å². The van der Waals surface area contributed by atoms with Gasteiger partial charge in [-0.3, -0.25) is 0 Å². The predicted octanol–water partition coefficient (Wildman–Crippen LogP) is 1.05. The number of aliphatic hydroxyl groups excluding tert-OH is 1. The van der Waals surface area contributed by atoms with Crippen LogP contribution in [0.2, 0.25) is 0 Å². The smallest absolute Gasteiger partial charge is 0.247 e. The van der Waals surface area contributed by atoms with Crippen molar-refractivity contribution in [1.82, 2.24) is 9.29 Å². The lowest BCUT2D eigenvalue weighted by molar-refractivity contribution is 0.178. The number of aliphatic hydroxyl groups is 1. The third kappa shape index (κ3) is 2.94. The number of hydrogen-bond donors (Lipinski definition) is 2. The number of sulfonamides is 1. The van der Waals surface area contributed by atoms with Crippen molar-refractivity contribution in [2.45, 2.75) is 37.1 Å². The molecule has 1 aromatic heterocycles. The highest BCUT2D eigenvalue weighted by Crippen LogP contribution is 2.31. The normalized spacial score (nSPS) is 16.1. The van der Waals surface area contributed by atoms with E-state index in [1.807, 2.05) is 6.92 Å². The maximum Gasteiger partial charge on any atom is 0.247 e. The highest BCUT2D eigenvalue weighted by atomic mass is 32.2. The van der Waals surface area contributed by atoms with Gasteiger partial charge in [-0.15, -0.1) is 0 Å². The third-order valence-electron chi connectivity index (χ3n) is 3.50. The van der Waals surface area contributed by atoms with Crippen molar-refractivity contribution in [2.24, 2.45) is 0 Å². The topological polar surface area (TPSA) is 82.5 Å². The largest absolute Gasteiger partial charge is 0.395 e. The fourth-order valence-electron chi connectivity index (χ4n) is 2.30. The Morgan fingerprint density at radius 2 is 2.25 bits per heavy atom. The van der Waals surface area contributed by atoms with E-state index in [0.29, 0.717) is 12.4 Å². The van der Waals surface area contributed by atoms with Crippen LogP contribution < -0.4 is 5.32 Å². The lowest BCUT2D eigenvalue weighted by Crippen LogP contribution is -2.45. The van der Waals surface area contributed by atoms with Gasteiger partial charge >= 0.3 is 0 Å². The molecule has 0 spiro atoms. The minimum Gasteiger partial charge on any atom is -0.395 e. The second-order valence-electron chi connectivity index (χ2n) is 4.80. The molecule has 1 aliphatic carbocycles. The summed E-state index contributed by atoms with van der Waals surface area (Å²) in [6.07, 6.45) is 4.32. The van der Waals surface area contributed by atoms with Gasteiger partial charge in [0.05, 0.1) is 6.61 Å². The molecule has 0 unspecified atom stereocenters. The fourth-order valence-corrected chi connectivity index (χ4v) is 4.10. The molecule has 6 nitrogen and oxygen atoms in total. The Bertz CT molecular complexity index is 544. The molecule has 7 heteroatoms. The van der Waals surface area contributed by atoms with E-state index in [0.717, 1.165) is 19.3 Å². The van der Waals surface area contributed by atoms with Crippen LogP contribution in [0, 0.1) is 0 Å². The average molecular weight is 299 g/mol. The SMILES string of the molecule is CCNc1ncccc1S(=O)(=O)N(CCO)C1CCC1. The molecule has 2 rings (SSSR count). The first-order valence-corrected chi connectivity index (χ1v) is 8.37. The first kappa shape index (κ1) is 15.2. The number of anilines is 1. The molecule has 1 heterocycles. The van der Waals surface area contributed by atoms with E-state index in [1.54, 1.807) is 18.3 Å². The van der Waals surface area contributed by atoms with Crippen LogP contribution in [-0.4, -0.2) is 48.6 Å². The summed E-state index contributed by atoms with van der Waals surface area (Å²) in [6, 6.07) is 3.18. The number of pyridine rings is 1. The summed E-state index contributed by atoms with van der Waals surface area (Å²) in [5.41, 5.74) is 0. The van der Waals surface area contributed by atoms with Gasteiger partial charge in [0.15, 0.2) is 0 Å². The van der Waals surface area contributed by atoms with Crippen LogP contribution in [0.25, 0.3) is 0 Å². The number of rotatable bonds is 7. The first-order valence-electron chi connectivity index (χ1n) is 6.92. The van der Waals surface area contributed by atoms with Crippen molar-refractivity contribution in [3.05, 3.63) is 18.3 Å². The molecular weight excluding hydrogens is 278 g/mol. The van der Waals surface area contributed by atoms with E-state index in [-0.39, 0.29) is 24.1 Å². The van der Waals surface area contributed by atoms with Gasteiger partial charge in [0, 0.05) is 25.3 Å². The van der Waals surface area contributed by atoms with Crippen molar-refractivity contribution in [3.63, 3.8) is 0 Å². The van der Waals surface area contributed by atoms with Crippen molar-refractivity contribution in [3.8, 4) is 0 Å². The van der Waals surface area contributed by atoms with Crippen LogP contribution >= 0.6 is 0 Å². The van der Waals surface area contributed by atoms with Gasteiger partial charge in [-0.2, -0.15) is 4.31 Å². The van der Waals surface area contributed by atoms with Gasteiger partial charge in [-0.05, 0) is 31.9 Å². The van der Waals surface area contributed by atoms with Crippen LogP contribution in [0.15, 0.2) is 23.2 Å². The average Bonchev–Trinajstić information content (AvgIpc) is 2.37. The van der Waals surface area contributed by atoms with E-state index in [2.05, 4.69) is 10.3 Å². The maximum atomic E-state index is 12.8. The predicted molar refractivity (Wildman–Crippen MR) is 77.0 cm³/mol. The molecule has 0 amide bonds. The van der Waals surface area contributed by atoms with Crippen LogP contribution in [0.1, 0.15) is 26.2 Å². The second kappa shape index (κ2) is 6.51. The molecule has 0 atom stereocenters. The molecule has 1 aliphatic rings. The molecule has 0 aliphatic heterocycles. The lowest BCUT2D eigenvalue weighted by Gasteiger charge is -2.36. The summed E-state index contributed by atoms with van der Waals surface area (Å²) in [4.78, 5) is 4.28. The fraction of sp³-hybridized carbons (Fsp3) is 0.615. The van der Waals surface area contributed by atoms with Gasteiger partial charge in [0.1, 0.15) is 10.7 Å². The number of nitrogens with zero attached hydrogens (tertiary/aromatic N) is 2. The Morgan fingerprint density at radius 3 is 2.80 bits per heavy atom. The quantitative estimate of drug-likeness (QED) is 0.786. The molecular formula is C13H21N3O3S. The van der Waals surface area contributed by atoms with E-state index in [1.165, 1.54) is 4.31 Å². The summed E-state index contributed by atoms with van der Waals surface area (Å²) < 4.78 is 27.0. The molecule has 0 radical (unpaired) electrons. The van der Waals surface area contributed by atoms with Gasteiger partial charge < -0.3 is 10.4 Å². The zero-order valence-corrected chi connectivity index (χ0v) is 12.4. The van der Waals surface area contributed by atoms with E-state index >= 15 is 0 Å². The zero-order valence-electron chi connectivity index (χ0n) is 11.6. The van der Waals surface area contributed by atoms with Crippen LogP contribution in [0.4, 0.5) is 5.82 Å². The Labute approximate surface area is 119 Å². The maximum absolute atomic E-state index is 12.8. The van der Waals surface area contributed by atoms with Crippen LogP contribution in [0.3, 0.4) is 0 Å². The Kier molecular flexibility index (Phi) is 4.95. The molecule has 2 N–H and O–H groups in total. The van der Waals surface area contributed by atoms with Crippen molar-refractivity contribution >= 4 is 15.8 Å². The molecule has 0 saturated heterocycles. The number of nitrogens with one attached hydrogen (secondary N) is 1. The van der Waals surface area contributed by atoms with Gasteiger partial charge in [0.25, 0.3) is 0 Å². The van der Waals surface area contributed by atoms with Crippen molar-refractivity contribution in [2.75, 3.05) is 25.0 Å². The monoisotopic (exact) mass is 299 g/mol. The van der Waals surface area contributed by atoms with Gasteiger partial charge in [-0.25, -0.2) is 13.4 Å².